The van der Waals surface area contributed by atoms with Gasteiger partial charge in [-0.3, -0.25) is 9.59 Å². The number of H-pyrrole nitrogens is 1. The van der Waals surface area contributed by atoms with Gasteiger partial charge < -0.3 is 15.4 Å². The first-order valence-electron chi connectivity index (χ1n) is 11.1. The SMILES string of the molecule is Cc1ccc(-c2nn3c(C)c(C(=O)N[C@H](CCO)c4ccc(F)cc4)c(C)c3c(=O)[nH]2)cc1C. The van der Waals surface area contributed by atoms with E-state index in [4.69, 9.17) is 0 Å². The third kappa shape index (κ3) is 4.24. The lowest BCUT2D eigenvalue weighted by Gasteiger charge is -2.18. The van der Waals surface area contributed by atoms with E-state index in [1.165, 1.54) is 16.6 Å². The summed E-state index contributed by atoms with van der Waals surface area (Å²) < 4.78 is 14.8. The van der Waals surface area contributed by atoms with Crippen molar-refractivity contribution in [2.45, 2.75) is 40.2 Å². The van der Waals surface area contributed by atoms with Crippen molar-refractivity contribution < 1.29 is 14.3 Å². The van der Waals surface area contributed by atoms with Crippen LogP contribution in [-0.4, -0.2) is 32.2 Å². The van der Waals surface area contributed by atoms with Crippen LogP contribution >= 0.6 is 0 Å². The number of nitrogens with one attached hydrogen (secondary N) is 2. The third-order valence-corrected chi connectivity index (χ3v) is 6.27. The molecular weight excluding hydrogens is 435 g/mol. The molecule has 2 aromatic carbocycles. The number of aryl methyl sites for hydroxylation is 4. The van der Waals surface area contributed by atoms with E-state index in [0.29, 0.717) is 33.7 Å². The molecule has 1 amide bonds. The second kappa shape index (κ2) is 9.23. The maximum Gasteiger partial charge on any atom is 0.275 e. The molecule has 176 valence electrons. The van der Waals surface area contributed by atoms with Gasteiger partial charge in [0.1, 0.15) is 11.3 Å². The quantitative estimate of drug-likeness (QED) is 0.404. The first-order valence-corrected chi connectivity index (χ1v) is 11.1. The van der Waals surface area contributed by atoms with Crippen LogP contribution in [-0.2, 0) is 0 Å². The summed E-state index contributed by atoms with van der Waals surface area (Å²) in [6.45, 7) is 7.30. The molecule has 0 saturated heterocycles. The lowest BCUT2D eigenvalue weighted by Crippen LogP contribution is -2.30. The van der Waals surface area contributed by atoms with Gasteiger partial charge in [0.05, 0.1) is 17.3 Å². The second-order valence-electron chi connectivity index (χ2n) is 8.54. The normalized spacial score (nSPS) is 12.2. The summed E-state index contributed by atoms with van der Waals surface area (Å²) >= 11 is 0. The fourth-order valence-corrected chi connectivity index (χ4v) is 4.24. The highest BCUT2D eigenvalue weighted by Crippen LogP contribution is 2.24. The Morgan fingerprint density at radius 2 is 1.82 bits per heavy atom. The zero-order valence-electron chi connectivity index (χ0n) is 19.6. The summed E-state index contributed by atoms with van der Waals surface area (Å²) in [5, 5.41) is 17.0. The minimum absolute atomic E-state index is 0.154. The number of aromatic nitrogens is 3. The van der Waals surface area contributed by atoms with Crippen molar-refractivity contribution in [3.63, 3.8) is 0 Å². The minimum atomic E-state index is -0.516. The van der Waals surface area contributed by atoms with Gasteiger partial charge in [0.2, 0.25) is 0 Å². The molecule has 0 spiro atoms. The summed E-state index contributed by atoms with van der Waals surface area (Å²) in [7, 11) is 0. The van der Waals surface area contributed by atoms with Gasteiger partial charge in [0.15, 0.2) is 5.82 Å². The number of aliphatic hydroxyl groups excluding tert-OH is 1. The van der Waals surface area contributed by atoms with Crippen LogP contribution in [0.1, 0.15) is 50.8 Å². The number of rotatable bonds is 6. The van der Waals surface area contributed by atoms with Gasteiger partial charge in [0.25, 0.3) is 11.5 Å². The Bertz CT molecular complexity index is 1440. The largest absolute Gasteiger partial charge is 0.396 e. The zero-order valence-corrected chi connectivity index (χ0v) is 19.6. The van der Waals surface area contributed by atoms with Crippen LogP contribution < -0.4 is 10.9 Å². The fourth-order valence-electron chi connectivity index (χ4n) is 4.24. The van der Waals surface area contributed by atoms with Crippen LogP contribution in [0.25, 0.3) is 16.9 Å². The first kappa shape index (κ1) is 23.4. The van der Waals surface area contributed by atoms with Crippen molar-refractivity contribution in [2.75, 3.05) is 6.61 Å². The summed E-state index contributed by atoms with van der Waals surface area (Å²) in [5.74, 6) is -0.362. The molecule has 1 atom stereocenters. The number of aliphatic hydroxyl groups is 1. The Morgan fingerprint density at radius 1 is 1.12 bits per heavy atom. The molecule has 0 unspecified atom stereocenters. The van der Waals surface area contributed by atoms with Gasteiger partial charge in [-0.1, -0.05) is 24.3 Å². The number of hydrogen-bond donors (Lipinski definition) is 3. The number of fused-ring (bicyclic) bond motifs is 1. The number of halogens is 1. The van der Waals surface area contributed by atoms with Crippen molar-refractivity contribution in [3.8, 4) is 11.4 Å². The van der Waals surface area contributed by atoms with E-state index in [1.54, 1.807) is 26.0 Å². The molecule has 0 aliphatic heterocycles. The molecule has 2 heterocycles. The van der Waals surface area contributed by atoms with Gasteiger partial charge in [-0.15, -0.1) is 5.10 Å². The molecule has 0 fully saturated rings. The van der Waals surface area contributed by atoms with Gasteiger partial charge in [0, 0.05) is 12.2 Å². The Kier molecular flexibility index (Phi) is 6.34. The molecular formula is C26H27FN4O3. The molecule has 34 heavy (non-hydrogen) atoms. The lowest BCUT2D eigenvalue weighted by molar-refractivity contribution is 0.0929. The van der Waals surface area contributed by atoms with E-state index in [-0.39, 0.29) is 24.4 Å². The molecule has 8 heteroatoms. The molecule has 0 aliphatic rings. The molecule has 4 rings (SSSR count). The zero-order chi connectivity index (χ0) is 24.6. The van der Waals surface area contributed by atoms with Crippen molar-refractivity contribution in [1.82, 2.24) is 19.9 Å². The molecule has 0 radical (unpaired) electrons. The average molecular weight is 463 g/mol. The van der Waals surface area contributed by atoms with Crippen LogP contribution in [0.5, 0.6) is 0 Å². The Hall–Kier alpha value is -3.78. The van der Waals surface area contributed by atoms with E-state index in [9.17, 15) is 19.1 Å². The third-order valence-electron chi connectivity index (χ3n) is 6.27. The highest BCUT2D eigenvalue weighted by Gasteiger charge is 2.24. The van der Waals surface area contributed by atoms with Crippen molar-refractivity contribution in [1.29, 1.82) is 0 Å². The smallest absolute Gasteiger partial charge is 0.275 e. The average Bonchev–Trinajstić information content (AvgIpc) is 3.06. The molecule has 2 aromatic heterocycles. The van der Waals surface area contributed by atoms with Gasteiger partial charge in [-0.05, 0) is 74.6 Å². The number of benzene rings is 2. The summed E-state index contributed by atoms with van der Waals surface area (Å²) in [6, 6.07) is 11.1. The number of nitrogens with zero attached hydrogens (tertiary/aromatic N) is 2. The van der Waals surface area contributed by atoms with Crippen LogP contribution in [0.4, 0.5) is 4.39 Å². The summed E-state index contributed by atoms with van der Waals surface area (Å²) in [5.41, 5.74) is 5.02. The molecule has 3 N–H and O–H groups in total. The highest BCUT2D eigenvalue weighted by atomic mass is 19.1. The second-order valence-corrected chi connectivity index (χ2v) is 8.54. The Balaban J connectivity index is 1.75. The van der Waals surface area contributed by atoms with E-state index < -0.39 is 11.9 Å². The Morgan fingerprint density at radius 3 is 2.47 bits per heavy atom. The van der Waals surface area contributed by atoms with Crippen LogP contribution in [0.15, 0.2) is 47.3 Å². The van der Waals surface area contributed by atoms with Crippen LogP contribution in [0, 0.1) is 33.5 Å². The number of hydrogen-bond acceptors (Lipinski definition) is 4. The monoisotopic (exact) mass is 462 g/mol. The van der Waals surface area contributed by atoms with E-state index >= 15 is 0 Å². The molecule has 0 saturated carbocycles. The van der Waals surface area contributed by atoms with Crippen molar-refractivity contribution in [3.05, 3.63) is 92.1 Å². The fraction of sp³-hybridized carbons (Fsp3) is 0.269. The van der Waals surface area contributed by atoms with Gasteiger partial charge in [-0.25, -0.2) is 8.91 Å². The van der Waals surface area contributed by atoms with Gasteiger partial charge in [-0.2, -0.15) is 0 Å². The maximum atomic E-state index is 13.3. The van der Waals surface area contributed by atoms with E-state index in [1.807, 2.05) is 32.0 Å². The van der Waals surface area contributed by atoms with Gasteiger partial charge >= 0.3 is 0 Å². The number of amides is 1. The highest BCUT2D eigenvalue weighted by molar-refractivity contribution is 5.99. The minimum Gasteiger partial charge on any atom is -0.396 e. The van der Waals surface area contributed by atoms with Crippen LogP contribution in [0.3, 0.4) is 0 Å². The van der Waals surface area contributed by atoms with E-state index in [2.05, 4.69) is 15.4 Å². The Labute approximate surface area is 196 Å². The number of carbonyl (C=O) groups excluding carboxylic acids is 1. The molecule has 7 nitrogen and oxygen atoms in total. The predicted molar refractivity (Wildman–Crippen MR) is 129 cm³/mol. The van der Waals surface area contributed by atoms with E-state index in [0.717, 1.165) is 16.7 Å². The lowest BCUT2D eigenvalue weighted by atomic mass is 10.0. The van der Waals surface area contributed by atoms with Crippen LogP contribution in [0.2, 0.25) is 0 Å². The first-order chi connectivity index (χ1) is 16.2. The number of carbonyl (C=O) groups is 1. The number of aromatic amines is 1. The molecule has 0 bridgehead atoms. The molecule has 0 aliphatic carbocycles. The summed E-state index contributed by atoms with van der Waals surface area (Å²) in [6.07, 6.45) is 0.262. The predicted octanol–water partition coefficient (Wildman–Crippen LogP) is 3.92. The summed E-state index contributed by atoms with van der Waals surface area (Å²) in [4.78, 5) is 29.1. The molecule has 4 aromatic rings. The topological polar surface area (TPSA) is 99.5 Å². The standard InChI is InChI=1S/C26H27FN4O3/c1-14-5-6-19(13-15(14)2)24-29-26(34)23-16(3)22(17(4)31(23)30-24)25(33)28-21(11-12-32)18-7-9-20(27)10-8-18/h5-10,13,21,32H,11-12H2,1-4H3,(H,28,33)(H,29,30,34)/t21-/m1/s1. The van der Waals surface area contributed by atoms with Crippen molar-refractivity contribution >= 4 is 11.4 Å². The maximum absolute atomic E-state index is 13.3. The van der Waals surface area contributed by atoms with Crippen molar-refractivity contribution in [2.24, 2.45) is 0 Å².